The molecule has 6 heteroatoms. The molecule has 1 heterocycles. The van der Waals surface area contributed by atoms with E-state index in [0.29, 0.717) is 4.88 Å². The Morgan fingerprint density at radius 1 is 1.67 bits per heavy atom. The van der Waals surface area contributed by atoms with Crippen molar-refractivity contribution < 1.29 is 9.53 Å². The molecule has 3 nitrogen and oxygen atoms in total. The lowest BCUT2D eigenvalue weighted by Gasteiger charge is -2.12. The van der Waals surface area contributed by atoms with Gasteiger partial charge < -0.3 is 10.5 Å². The molecule has 1 aromatic rings. The van der Waals surface area contributed by atoms with Crippen molar-refractivity contribution in [3.8, 4) is 0 Å². The van der Waals surface area contributed by atoms with Crippen LogP contribution in [-0.2, 0) is 4.74 Å². The van der Waals surface area contributed by atoms with Gasteiger partial charge in [0.05, 0.1) is 17.4 Å². The lowest BCUT2D eigenvalue weighted by Crippen LogP contribution is -2.19. The third-order valence-corrected chi connectivity index (χ3v) is 5.22. The molecule has 0 aromatic carbocycles. The summed E-state index contributed by atoms with van der Waals surface area (Å²) in [6.45, 7) is 2.07. The van der Waals surface area contributed by atoms with E-state index < -0.39 is 0 Å². The minimum atomic E-state index is -0.324. The van der Waals surface area contributed by atoms with Crippen molar-refractivity contribution in [3.63, 3.8) is 0 Å². The number of thioether (sulfide) groups is 1. The number of carbonyl (C=O) groups excluding carboxylic acids is 1. The van der Waals surface area contributed by atoms with Gasteiger partial charge >= 0.3 is 5.97 Å². The maximum absolute atomic E-state index is 11.5. The van der Waals surface area contributed by atoms with Gasteiger partial charge in [-0.3, -0.25) is 0 Å². The minimum Gasteiger partial charge on any atom is -0.465 e. The number of thiophene rings is 1. The van der Waals surface area contributed by atoms with E-state index in [1.165, 1.54) is 18.4 Å². The molecule has 0 radical (unpaired) electrons. The Bertz CT molecular complexity index is 443. The van der Waals surface area contributed by atoms with Gasteiger partial charge in [0.1, 0.15) is 4.88 Å². The number of rotatable bonds is 6. The van der Waals surface area contributed by atoms with E-state index in [-0.39, 0.29) is 12.0 Å². The number of nitrogens with two attached hydrogens (primary N) is 1. The summed E-state index contributed by atoms with van der Waals surface area (Å²) in [5, 5.41) is 0. The van der Waals surface area contributed by atoms with Crippen molar-refractivity contribution in [2.24, 2.45) is 5.73 Å². The Hall–Kier alpha value is -0.430. The number of hydrogen-bond acceptors (Lipinski definition) is 6. The number of methoxy groups -OCH3 is 1. The Kier molecular flexibility index (Phi) is 6.28. The summed E-state index contributed by atoms with van der Waals surface area (Å²) in [6, 6.07) is 1.52. The van der Waals surface area contributed by atoms with E-state index in [1.807, 2.05) is 6.26 Å². The molecule has 0 saturated heterocycles. The second kappa shape index (κ2) is 7.23. The topological polar surface area (TPSA) is 52.3 Å². The fourth-order valence-corrected chi connectivity index (χ4v) is 3.75. The molecule has 0 aliphatic carbocycles. The quantitative estimate of drug-likeness (QED) is 0.496. The highest BCUT2D eigenvalue weighted by Crippen LogP contribution is 2.35. The van der Waals surface area contributed by atoms with Gasteiger partial charge in [-0.1, -0.05) is 25.6 Å². The summed E-state index contributed by atoms with van der Waals surface area (Å²) < 4.78 is 5.75. The Labute approximate surface area is 121 Å². The van der Waals surface area contributed by atoms with E-state index in [2.05, 4.69) is 6.92 Å². The summed E-state index contributed by atoms with van der Waals surface area (Å²) in [4.78, 5) is 12.9. The van der Waals surface area contributed by atoms with Crippen LogP contribution in [0.4, 0.5) is 0 Å². The zero-order valence-corrected chi connectivity index (χ0v) is 13.1. The van der Waals surface area contributed by atoms with Crippen LogP contribution >= 0.6 is 35.3 Å². The molecule has 0 spiro atoms. The van der Waals surface area contributed by atoms with Gasteiger partial charge in [-0.2, -0.15) is 0 Å². The second-order valence-corrected chi connectivity index (χ2v) is 6.39. The van der Waals surface area contributed by atoms with Crippen LogP contribution in [0.15, 0.2) is 10.3 Å². The van der Waals surface area contributed by atoms with E-state index in [1.54, 1.807) is 17.8 Å². The van der Waals surface area contributed by atoms with Crippen LogP contribution in [0.1, 0.15) is 41.0 Å². The zero-order valence-electron chi connectivity index (χ0n) is 10.7. The normalized spacial score (nSPS) is 12.2. The monoisotopic (exact) mass is 303 g/mol. The highest BCUT2D eigenvalue weighted by Gasteiger charge is 2.21. The van der Waals surface area contributed by atoms with Crippen molar-refractivity contribution in [1.82, 2.24) is 0 Å². The van der Waals surface area contributed by atoms with Gasteiger partial charge in [0.2, 0.25) is 0 Å². The summed E-state index contributed by atoms with van der Waals surface area (Å²) >= 11 is 8.31. The molecule has 0 fully saturated rings. The van der Waals surface area contributed by atoms with Crippen LogP contribution in [0.25, 0.3) is 0 Å². The first-order chi connectivity index (χ1) is 8.54. The maximum atomic E-state index is 11.5. The van der Waals surface area contributed by atoms with Gasteiger partial charge in [0.15, 0.2) is 0 Å². The molecule has 0 bridgehead atoms. The van der Waals surface area contributed by atoms with Crippen LogP contribution < -0.4 is 5.73 Å². The molecule has 1 aromatic heterocycles. The molecule has 0 aliphatic rings. The maximum Gasteiger partial charge on any atom is 0.348 e. The van der Waals surface area contributed by atoms with Crippen molar-refractivity contribution in [2.75, 3.05) is 13.4 Å². The van der Waals surface area contributed by atoms with Crippen LogP contribution in [-0.4, -0.2) is 24.2 Å². The minimum absolute atomic E-state index is 0.281. The van der Waals surface area contributed by atoms with Gasteiger partial charge in [-0.05, 0) is 24.3 Å². The molecule has 18 heavy (non-hydrogen) atoms. The van der Waals surface area contributed by atoms with Gasteiger partial charge in [0.25, 0.3) is 0 Å². The molecule has 1 rings (SSSR count). The molecule has 0 aliphatic heterocycles. The molecule has 1 atom stereocenters. The first kappa shape index (κ1) is 15.6. The van der Waals surface area contributed by atoms with E-state index in [4.69, 9.17) is 22.7 Å². The fraction of sp³-hybridized carbons (Fsp3) is 0.500. The SMILES string of the molecule is CCCC(=S)C(N)c1cc(C(=O)OC)sc1SC. The molecule has 2 N–H and O–H groups in total. The molecular formula is C12H17NO2S3. The summed E-state index contributed by atoms with van der Waals surface area (Å²) in [7, 11) is 1.38. The average molecular weight is 303 g/mol. The van der Waals surface area contributed by atoms with Crippen LogP contribution in [0, 0.1) is 0 Å². The van der Waals surface area contributed by atoms with Gasteiger partial charge in [-0.25, -0.2) is 4.79 Å². The standard InChI is InChI=1S/C12H17NO2S3/c1-4-5-8(16)10(13)7-6-9(11(14)15-2)18-12(7)17-3/h6,10H,4-5,13H2,1-3H3. The first-order valence-corrected chi connectivity index (χ1v) is 8.04. The predicted molar refractivity (Wildman–Crippen MR) is 81.9 cm³/mol. The van der Waals surface area contributed by atoms with Crippen molar-refractivity contribution >= 4 is 46.2 Å². The predicted octanol–water partition coefficient (Wildman–Crippen LogP) is 3.43. The Morgan fingerprint density at radius 3 is 2.83 bits per heavy atom. The second-order valence-electron chi connectivity index (χ2n) is 3.74. The number of thiocarbonyl (C=S) groups is 1. The molecule has 0 amide bonds. The van der Waals surface area contributed by atoms with Crippen molar-refractivity contribution in [3.05, 3.63) is 16.5 Å². The van der Waals surface area contributed by atoms with E-state index >= 15 is 0 Å². The zero-order chi connectivity index (χ0) is 13.7. The molecule has 100 valence electrons. The molecule has 0 saturated carbocycles. The number of hydrogen-bond donors (Lipinski definition) is 1. The summed E-state index contributed by atoms with van der Waals surface area (Å²) in [5.41, 5.74) is 7.09. The van der Waals surface area contributed by atoms with Crippen LogP contribution in [0.3, 0.4) is 0 Å². The number of esters is 1. The third kappa shape index (κ3) is 3.54. The smallest absolute Gasteiger partial charge is 0.348 e. The fourth-order valence-electron chi connectivity index (χ4n) is 1.54. The molecular weight excluding hydrogens is 286 g/mol. The number of ether oxygens (including phenoxy) is 1. The Balaban J connectivity index is 3.03. The lowest BCUT2D eigenvalue weighted by atomic mass is 10.0. The van der Waals surface area contributed by atoms with Crippen LogP contribution in [0.5, 0.6) is 0 Å². The highest BCUT2D eigenvalue weighted by molar-refractivity contribution is 8.00. The third-order valence-electron chi connectivity index (χ3n) is 2.48. The largest absolute Gasteiger partial charge is 0.465 e. The Morgan fingerprint density at radius 2 is 2.33 bits per heavy atom. The van der Waals surface area contributed by atoms with Crippen LogP contribution in [0.2, 0.25) is 0 Å². The van der Waals surface area contributed by atoms with Crippen molar-refractivity contribution in [2.45, 2.75) is 30.0 Å². The highest BCUT2D eigenvalue weighted by atomic mass is 32.2. The van der Waals surface area contributed by atoms with Gasteiger partial charge in [-0.15, -0.1) is 23.1 Å². The average Bonchev–Trinajstić information content (AvgIpc) is 2.81. The first-order valence-electron chi connectivity index (χ1n) is 5.59. The number of carbonyl (C=O) groups is 1. The summed E-state index contributed by atoms with van der Waals surface area (Å²) in [6.07, 6.45) is 3.77. The molecule has 1 unspecified atom stereocenters. The summed E-state index contributed by atoms with van der Waals surface area (Å²) in [5.74, 6) is -0.324. The van der Waals surface area contributed by atoms with Crippen molar-refractivity contribution in [1.29, 1.82) is 0 Å². The lowest BCUT2D eigenvalue weighted by molar-refractivity contribution is 0.0606. The van der Waals surface area contributed by atoms with E-state index in [9.17, 15) is 4.79 Å². The van der Waals surface area contributed by atoms with E-state index in [0.717, 1.165) is 27.5 Å². The van der Waals surface area contributed by atoms with Gasteiger partial charge in [0, 0.05) is 4.86 Å².